The fraction of sp³-hybridized carbons (Fsp3) is 0.500. The van der Waals surface area contributed by atoms with Gasteiger partial charge < -0.3 is 14.7 Å². The van der Waals surface area contributed by atoms with Crippen molar-refractivity contribution in [1.29, 1.82) is 0 Å². The van der Waals surface area contributed by atoms with Gasteiger partial charge in [0.1, 0.15) is 5.56 Å². The summed E-state index contributed by atoms with van der Waals surface area (Å²) in [6, 6.07) is 2.77. The smallest absolute Gasteiger partial charge is 0.422 e. The van der Waals surface area contributed by atoms with Crippen LogP contribution in [0.15, 0.2) is 18.3 Å². The Kier molecular flexibility index (Phi) is 5.75. The number of aromatic nitrogens is 1. The number of pyridine rings is 1. The van der Waals surface area contributed by atoms with Crippen LogP contribution in [0.4, 0.5) is 13.2 Å². The molecule has 0 atom stereocenters. The second-order valence-corrected chi connectivity index (χ2v) is 3.87. The minimum atomic E-state index is -4.51. The fourth-order valence-corrected chi connectivity index (χ4v) is 1.51. The molecule has 0 bridgehead atoms. The zero-order chi connectivity index (χ0) is 15.2. The average molecular weight is 292 g/mol. The molecule has 1 N–H and O–H groups in total. The lowest BCUT2D eigenvalue weighted by Gasteiger charge is -2.20. The summed E-state index contributed by atoms with van der Waals surface area (Å²) in [6.07, 6.45) is -3.27. The summed E-state index contributed by atoms with van der Waals surface area (Å²) >= 11 is 0. The highest BCUT2D eigenvalue weighted by Crippen LogP contribution is 2.21. The second-order valence-electron chi connectivity index (χ2n) is 3.87. The van der Waals surface area contributed by atoms with E-state index in [1.165, 1.54) is 23.2 Å². The molecule has 0 fully saturated rings. The first-order valence-corrected chi connectivity index (χ1v) is 5.93. The van der Waals surface area contributed by atoms with E-state index in [1.807, 2.05) is 0 Å². The molecule has 0 saturated heterocycles. The molecule has 20 heavy (non-hydrogen) atoms. The minimum absolute atomic E-state index is 0.0629. The Balaban J connectivity index is 2.91. The van der Waals surface area contributed by atoms with E-state index in [9.17, 15) is 18.0 Å². The van der Waals surface area contributed by atoms with E-state index >= 15 is 0 Å². The molecule has 0 unspecified atom stereocenters. The van der Waals surface area contributed by atoms with Gasteiger partial charge in [-0.2, -0.15) is 13.2 Å². The fourth-order valence-electron chi connectivity index (χ4n) is 1.51. The van der Waals surface area contributed by atoms with Crippen LogP contribution in [0.25, 0.3) is 0 Å². The number of aliphatic hydroxyl groups excluding tert-OH is 1. The predicted octanol–water partition coefficient (Wildman–Crippen LogP) is 1.48. The summed E-state index contributed by atoms with van der Waals surface area (Å²) in [5, 5.41) is 8.85. The van der Waals surface area contributed by atoms with Crippen LogP contribution < -0.4 is 4.74 Å². The summed E-state index contributed by atoms with van der Waals surface area (Å²) in [7, 11) is 0. The molecule has 0 aromatic carbocycles. The van der Waals surface area contributed by atoms with Gasteiger partial charge in [0.15, 0.2) is 6.61 Å². The Morgan fingerprint density at radius 3 is 2.75 bits per heavy atom. The minimum Gasteiger partial charge on any atom is -0.467 e. The van der Waals surface area contributed by atoms with Gasteiger partial charge in [-0.3, -0.25) is 4.79 Å². The number of ether oxygens (including phenoxy) is 1. The standard InChI is InChI=1S/C12H15F3N2O3/c1-2-17(6-7-18)11(19)9-4-3-5-16-10(9)20-8-12(13,14)15/h3-5,18H,2,6-8H2,1H3. The molecule has 112 valence electrons. The Morgan fingerprint density at radius 2 is 2.20 bits per heavy atom. The number of carbonyl (C=O) groups is 1. The number of carbonyl (C=O) groups excluding carboxylic acids is 1. The summed E-state index contributed by atoms with van der Waals surface area (Å²) in [4.78, 5) is 17.1. The number of likely N-dealkylation sites (N-methyl/N-ethyl adjacent to an activating group) is 1. The molecule has 5 nitrogen and oxygen atoms in total. The number of amides is 1. The van der Waals surface area contributed by atoms with Crippen LogP contribution in [-0.2, 0) is 0 Å². The van der Waals surface area contributed by atoms with Crippen molar-refractivity contribution in [2.75, 3.05) is 26.3 Å². The lowest BCUT2D eigenvalue weighted by molar-refractivity contribution is -0.154. The zero-order valence-corrected chi connectivity index (χ0v) is 10.9. The molecular formula is C12H15F3N2O3. The quantitative estimate of drug-likeness (QED) is 0.862. The maximum atomic E-state index is 12.1. The third kappa shape index (κ3) is 4.69. The van der Waals surface area contributed by atoms with E-state index in [0.717, 1.165) is 0 Å². The van der Waals surface area contributed by atoms with Gasteiger partial charge in [-0.25, -0.2) is 4.98 Å². The molecule has 0 saturated carbocycles. The molecule has 1 rings (SSSR count). The first-order chi connectivity index (χ1) is 9.39. The Bertz CT molecular complexity index is 452. The number of alkyl halides is 3. The number of nitrogens with zero attached hydrogens (tertiary/aromatic N) is 2. The SMILES string of the molecule is CCN(CCO)C(=O)c1cccnc1OCC(F)(F)F. The van der Waals surface area contributed by atoms with Crippen molar-refractivity contribution in [3.63, 3.8) is 0 Å². The average Bonchev–Trinajstić information content (AvgIpc) is 2.41. The molecule has 0 aliphatic heterocycles. The molecule has 1 heterocycles. The van der Waals surface area contributed by atoms with Crippen molar-refractivity contribution >= 4 is 5.91 Å². The van der Waals surface area contributed by atoms with Crippen LogP contribution in [0.3, 0.4) is 0 Å². The Morgan fingerprint density at radius 1 is 1.50 bits per heavy atom. The van der Waals surface area contributed by atoms with Crippen LogP contribution >= 0.6 is 0 Å². The number of aliphatic hydroxyl groups is 1. The third-order valence-corrected chi connectivity index (χ3v) is 2.41. The zero-order valence-electron chi connectivity index (χ0n) is 10.9. The summed E-state index contributed by atoms with van der Waals surface area (Å²) in [5.74, 6) is -0.905. The van der Waals surface area contributed by atoms with Gasteiger partial charge in [0, 0.05) is 19.3 Å². The molecule has 0 aliphatic rings. The molecule has 0 radical (unpaired) electrons. The Hall–Kier alpha value is -1.83. The van der Waals surface area contributed by atoms with Crippen LogP contribution in [0.1, 0.15) is 17.3 Å². The lowest BCUT2D eigenvalue weighted by atomic mass is 10.2. The van der Waals surface area contributed by atoms with Gasteiger partial charge in [0.25, 0.3) is 5.91 Å². The lowest BCUT2D eigenvalue weighted by Crippen LogP contribution is -2.34. The molecule has 8 heteroatoms. The topological polar surface area (TPSA) is 62.7 Å². The van der Waals surface area contributed by atoms with Crippen molar-refractivity contribution in [2.45, 2.75) is 13.1 Å². The van der Waals surface area contributed by atoms with Crippen molar-refractivity contribution in [3.8, 4) is 5.88 Å². The number of hydrogen-bond acceptors (Lipinski definition) is 4. The molecular weight excluding hydrogens is 277 g/mol. The summed E-state index contributed by atoms with van der Waals surface area (Å²) in [5.41, 5.74) is -0.0629. The van der Waals surface area contributed by atoms with Crippen LogP contribution in [0, 0.1) is 0 Å². The maximum absolute atomic E-state index is 12.1. The van der Waals surface area contributed by atoms with Crippen molar-refractivity contribution in [1.82, 2.24) is 9.88 Å². The van der Waals surface area contributed by atoms with E-state index < -0.39 is 18.7 Å². The highest BCUT2D eigenvalue weighted by molar-refractivity contribution is 5.96. The summed E-state index contributed by atoms with van der Waals surface area (Å²) < 4.78 is 41.0. The Labute approximate surface area is 114 Å². The highest BCUT2D eigenvalue weighted by atomic mass is 19.4. The van der Waals surface area contributed by atoms with Crippen molar-refractivity contribution in [3.05, 3.63) is 23.9 Å². The number of hydrogen-bond donors (Lipinski definition) is 1. The summed E-state index contributed by atoms with van der Waals surface area (Å²) in [6.45, 7) is 0.338. The van der Waals surface area contributed by atoms with E-state index in [-0.39, 0.29) is 24.6 Å². The van der Waals surface area contributed by atoms with E-state index in [2.05, 4.69) is 9.72 Å². The van der Waals surface area contributed by atoms with Gasteiger partial charge in [-0.05, 0) is 19.1 Å². The van der Waals surface area contributed by atoms with Crippen LogP contribution in [0.5, 0.6) is 5.88 Å². The van der Waals surface area contributed by atoms with Gasteiger partial charge in [-0.1, -0.05) is 0 Å². The third-order valence-electron chi connectivity index (χ3n) is 2.41. The normalized spacial score (nSPS) is 11.2. The van der Waals surface area contributed by atoms with Gasteiger partial charge >= 0.3 is 6.18 Å². The number of rotatable bonds is 6. The van der Waals surface area contributed by atoms with E-state index in [0.29, 0.717) is 6.54 Å². The predicted molar refractivity (Wildman–Crippen MR) is 64.5 cm³/mol. The molecule has 1 aromatic heterocycles. The van der Waals surface area contributed by atoms with E-state index in [4.69, 9.17) is 5.11 Å². The first kappa shape index (κ1) is 16.2. The number of halogens is 3. The highest BCUT2D eigenvalue weighted by Gasteiger charge is 2.30. The maximum Gasteiger partial charge on any atom is 0.422 e. The van der Waals surface area contributed by atoms with Gasteiger partial charge in [0.05, 0.1) is 6.61 Å². The van der Waals surface area contributed by atoms with Crippen LogP contribution in [-0.4, -0.2) is 53.4 Å². The second kappa shape index (κ2) is 7.09. The van der Waals surface area contributed by atoms with Crippen molar-refractivity contribution in [2.24, 2.45) is 0 Å². The molecule has 1 aromatic rings. The van der Waals surface area contributed by atoms with E-state index in [1.54, 1.807) is 6.92 Å². The van der Waals surface area contributed by atoms with Gasteiger partial charge in [0.2, 0.25) is 5.88 Å². The van der Waals surface area contributed by atoms with Crippen LogP contribution in [0.2, 0.25) is 0 Å². The first-order valence-electron chi connectivity index (χ1n) is 5.93. The largest absolute Gasteiger partial charge is 0.467 e. The van der Waals surface area contributed by atoms with Crippen molar-refractivity contribution < 1.29 is 27.8 Å². The van der Waals surface area contributed by atoms with Gasteiger partial charge in [-0.15, -0.1) is 0 Å². The molecule has 1 amide bonds. The molecule has 0 aliphatic carbocycles. The molecule has 0 spiro atoms. The monoisotopic (exact) mass is 292 g/mol.